The minimum Gasteiger partial charge on any atom is -0.352 e. The lowest BCUT2D eigenvalue weighted by molar-refractivity contribution is -0.122. The van der Waals surface area contributed by atoms with Crippen LogP contribution in [0.4, 0.5) is 0 Å². The van der Waals surface area contributed by atoms with Gasteiger partial charge in [-0.3, -0.25) is 9.69 Å². The van der Waals surface area contributed by atoms with Crippen molar-refractivity contribution in [3.63, 3.8) is 0 Å². The Labute approximate surface area is 172 Å². The van der Waals surface area contributed by atoms with Gasteiger partial charge in [-0.15, -0.1) is 21.5 Å². The third-order valence-electron chi connectivity index (χ3n) is 4.79. The lowest BCUT2D eigenvalue weighted by Gasteiger charge is -2.26. The molecule has 1 aromatic carbocycles. The van der Waals surface area contributed by atoms with Crippen LogP contribution in [-0.4, -0.2) is 50.6 Å². The highest BCUT2D eigenvalue weighted by Crippen LogP contribution is 2.27. The van der Waals surface area contributed by atoms with E-state index < -0.39 is 0 Å². The number of carbonyl (C=O) groups is 1. The first-order valence-corrected chi connectivity index (χ1v) is 10.5. The minimum absolute atomic E-state index is 0.0394. The normalized spacial score (nSPS) is 15.6. The number of amides is 1. The number of benzene rings is 1. The molecule has 1 amide bonds. The second-order valence-corrected chi connectivity index (χ2v) is 8.14. The average Bonchev–Trinajstić information content (AvgIpc) is 3.46. The Morgan fingerprint density at radius 3 is 2.71 bits per heavy atom. The number of hydrogen-bond acceptors (Lipinski definition) is 6. The summed E-state index contributed by atoms with van der Waals surface area (Å²) in [4.78, 5) is 17.5. The van der Waals surface area contributed by atoms with Crippen molar-refractivity contribution in [2.45, 2.75) is 25.4 Å². The Kier molecular flexibility index (Phi) is 5.99. The summed E-state index contributed by atoms with van der Waals surface area (Å²) in [7, 11) is 0. The van der Waals surface area contributed by atoms with Gasteiger partial charge in [0, 0.05) is 22.0 Å². The van der Waals surface area contributed by atoms with Crippen molar-refractivity contribution in [3.8, 4) is 11.4 Å². The van der Waals surface area contributed by atoms with E-state index >= 15 is 0 Å². The minimum atomic E-state index is -0.124. The van der Waals surface area contributed by atoms with Gasteiger partial charge >= 0.3 is 0 Å². The van der Waals surface area contributed by atoms with Crippen LogP contribution in [0.5, 0.6) is 0 Å². The van der Waals surface area contributed by atoms with Gasteiger partial charge in [0.2, 0.25) is 11.7 Å². The molecule has 1 N–H and O–H groups in total. The fourth-order valence-electron chi connectivity index (χ4n) is 3.36. The molecule has 3 heterocycles. The molecule has 7 nitrogen and oxygen atoms in total. The van der Waals surface area contributed by atoms with Gasteiger partial charge in [0.05, 0.1) is 6.04 Å². The lowest BCUT2D eigenvalue weighted by Crippen LogP contribution is -2.38. The standard InChI is InChI=1S/C19H21ClN6OS/c20-15-7-5-14(6-8-15)19-22-24-26(23-19)13-18(27)21-12-16(17-4-3-11-28-17)25-9-1-2-10-25/h3-8,11,16H,1-2,9-10,12-13H2,(H,21,27). The van der Waals surface area contributed by atoms with E-state index in [0.29, 0.717) is 17.4 Å². The third-order valence-corrected chi connectivity index (χ3v) is 6.01. The maximum atomic E-state index is 12.4. The van der Waals surface area contributed by atoms with Crippen LogP contribution in [0, 0.1) is 0 Å². The zero-order valence-electron chi connectivity index (χ0n) is 15.3. The third kappa shape index (κ3) is 4.57. The Morgan fingerprint density at radius 1 is 1.21 bits per heavy atom. The van der Waals surface area contributed by atoms with Gasteiger partial charge in [0.1, 0.15) is 6.54 Å². The maximum Gasteiger partial charge on any atom is 0.243 e. The molecule has 1 unspecified atom stereocenters. The van der Waals surface area contributed by atoms with Crippen molar-refractivity contribution in [1.29, 1.82) is 0 Å². The summed E-state index contributed by atoms with van der Waals surface area (Å²) in [6.07, 6.45) is 2.43. The number of likely N-dealkylation sites (tertiary alicyclic amines) is 1. The number of aromatic nitrogens is 4. The van der Waals surface area contributed by atoms with Gasteiger partial charge in [-0.2, -0.15) is 4.80 Å². The van der Waals surface area contributed by atoms with E-state index in [9.17, 15) is 4.79 Å². The number of tetrazole rings is 1. The smallest absolute Gasteiger partial charge is 0.243 e. The van der Waals surface area contributed by atoms with Crippen LogP contribution in [0.25, 0.3) is 11.4 Å². The van der Waals surface area contributed by atoms with E-state index in [1.807, 2.05) is 12.1 Å². The van der Waals surface area contributed by atoms with Crippen molar-refractivity contribution >= 4 is 28.8 Å². The molecule has 9 heteroatoms. The molecule has 28 heavy (non-hydrogen) atoms. The van der Waals surface area contributed by atoms with Crippen LogP contribution in [-0.2, 0) is 11.3 Å². The van der Waals surface area contributed by atoms with E-state index in [1.165, 1.54) is 22.5 Å². The Morgan fingerprint density at radius 2 is 2.00 bits per heavy atom. The molecule has 146 valence electrons. The molecule has 4 rings (SSSR count). The summed E-state index contributed by atoms with van der Waals surface area (Å²) in [5, 5.41) is 18.1. The maximum absolute atomic E-state index is 12.4. The largest absolute Gasteiger partial charge is 0.352 e. The molecule has 0 spiro atoms. The summed E-state index contributed by atoms with van der Waals surface area (Å²) >= 11 is 7.63. The van der Waals surface area contributed by atoms with Crippen LogP contribution < -0.4 is 5.32 Å². The summed E-state index contributed by atoms with van der Waals surface area (Å²) in [5.74, 6) is 0.346. The number of nitrogens with zero attached hydrogens (tertiary/aromatic N) is 5. The second-order valence-electron chi connectivity index (χ2n) is 6.73. The predicted octanol–water partition coefficient (Wildman–Crippen LogP) is 3.01. The van der Waals surface area contributed by atoms with Gasteiger partial charge in [0.15, 0.2) is 0 Å². The molecule has 0 radical (unpaired) electrons. The lowest BCUT2D eigenvalue weighted by atomic mass is 10.2. The van der Waals surface area contributed by atoms with Crippen molar-refractivity contribution in [1.82, 2.24) is 30.4 Å². The van der Waals surface area contributed by atoms with Crippen LogP contribution >= 0.6 is 22.9 Å². The second kappa shape index (κ2) is 8.81. The van der Waals surface area contributed by atoms with Crippen LogP contribution in [0.2, 0.25) is 5.02 Å². The van der Waals surface area contributed by atoms with Crippen molar-refractivity contribution in [2.24, 2.45) is 0 Å². The number of hydrogen-bond donors (Lipinski definition) is 1. The molecule has 2 aromatic heterocycles. The van der Waals surface area contributed by atoms with Gasteiger partial charge in [0.25, 0.3) is 0 Å². The highest BCUT2D eigenvalue weighted by atomic mass is 35.5. The molecule has 0 aliphatic carbocycles. The molecule has 0 saturated carbocycles. The quantitative estimate of drug-likeness (QED) is 0.640. The number of thiophene rings is 1. The van der Waals surface area contributed by atoms with Crippen LogP contribution in [0.15, 0.2) is 41.8 Å². The average molecular weight is 417 g/mol. The van der Waals surface area contributed by atoms with E-state index in [0.717, 1.165) is 18.7 Å². The first-order valence-electron chi connectivity index (χ1n) is 9.27. The van der Waals surface area contributed by atoms with Crippen LogP contribution in [0.3, 0.4) is 0 Å². The van der Waals surface area contributed by atoms with Crippen LogP contribution in [0.1, 0.15) is 23.8 Å². The summed E-state index contributed by atoms with van der Waals surface area (Å²) < 4.78 is 0. The fraction of sp³-hybridized carbons (Fsp3) is 0.368. The van der Waals surface area contributed by atoms with Crippen molar-refractivity contribution in [2.75, 3.05) is 19.6 Å². The van der Waals surface area contributed by atoms with E-state index in [-0.39, 0.29) is 18.5 Å². The predicted molar refractivity (Wildman–Crippen MR) is 109 cm³/mol. The van der Waals surface area contributed by atoms with Gasteiger partial charge in [-0.25, -0.2) is 0 Å². The van der Waals surface area contributed by atoms with Crippen molar-refractivity contribution < 1.29 is 4.79 Å². The van der Waals surface area contributed by atoms with E-state index in [1.54, 1.807) is 23.5 Å². The number of halogens is 1. The fourth-order valence-corrected chi connectivity index (χ4v) is 4.35. The molecule has 0 bridgehead atoms. The topological polar surface area (TPSA) is 75.9 Å². The number of rotatable bonds is 7. The molecule has 1 saturated heterocycles. The van der Waals surface area contributed by atoms with Gasteiger partial charge < -0.3 is 5.32 Å². The number of nitrogens with one attached hydrogen (secondary N) is 1. The first-order chi connectivity index (χ1) is 13.7. The number of carbonyl (C=O) groups excluding carboxylic acids is 1. The van der Waals surface area contributed by atoms with E-state index in [2.05, 4.69) is 43.1 Å². The molecular weight excluding hydrogens is 396 g/mol. The molecule has 1 atom stereocenters. The summed E-state index contributed by atoms with van der Waals surface area (Å²) in [6, 6.07) is 11.6. The Bertz CT molecular complexity index is 905. The van der Waals surface area contributed by atoms with Gasteiger partial charge in [-0.1, -0.05) is 17.7 Å². The highest BCUT2D eigenvalue weighted by Gasteiger charge is 2.24. The molecule has 3 aromatic rings. The monoisotopic (exact) mass is 416 g/mol. The summed E-state index contributed by atoms with van der Waals surface area (Å²) in [6.45, 7) is 2.77. The Balaban J connectivity index is 1.35. The zero-order valence-corrected chi connectivity index (χ0v) is 16.9. The van der Waals surface area contributed by atoms with Gasteiger partial charge in [-0.05, 0) is 66.9 Å². The highest BCUT2D eigenvalue weighted by molar-refractivity contribution is 7.10. The Hall–Kier alpha value is -2.29. The SMILES string of the molecule is O=C(Cn1nnc(-c2ccc(Cl)cc2)n1)NCC(c1cccs1)N1CCCC1. The summed E-state index contributed by atoms with van der Waals surface area (Å²) in [5.41, 5.74) is 0.808. The van der Waals surface area contributed by atoms with Crippen molar-refractivity contribution in [3.05, 3.63) is 51.7 Å². The first kappa shape index (κ1) is 19.0. The molecular formula is C19H21ClN6OS. The molecule has 1 aliphatic heterocycles. The zero-order chi connectivity index (χ0) is 19.3. The molecule has 1 aliphatic rings. The van der Waals surface area contributed by atoms with E-state index in [4.69, 9.17) is 11.6 Å². The molecule has 1 fully saturated rings.